The van der Waals surface area contributed by atoms with E-state index in [1.54, 1.807) is 18.2 Å². The van der Waals surface area contributed by atoms with Gasteiger partial charge in [-0.05, 0) is 36.2 Å². The Bertz CT molecular complexity index is 1100. The molecule has 0 aliphatic heterocycles. The van der Waals surface area contributed by atoms with Crippen molar-refractivity contribution in [3.8, 4) is 11.3 Å². The molecule has 0 fully saturated rings. The van der Waals surface area contributed by atoms with Crippen LogP contribution in [0.15, 0.2) is 76.0 Å². The van der Waals surface area contributed by atoms with Crippen LogP contribution in [0.4, 0.5) is 0 Å². The zero-order valence-corrected chi connectivity index (χ0v) is 16.0. The van der Waals surface area contributed by atoms with Crippen molar-refractivity contribution in [1.82, 2.24) is 4.72 Å². The molecule has 0 aliphatic rings. The fourth-order valence-corrected chi connectivity index (χ4v) is 3.72. The molecule has 2 aromatic carbocycles. The summed E-state index contributed by atoms with van der Waals surface area (Å²) in [7, 11) is -4.01. The maximum absolute atomic E-state index is 12.5. The predicted octanol–water partition coefficient (Wildman–Crippen LogP) is 3.59. The van der Waals surface area contributed by atoms with Gasteiger partial charge in [-0.15, -0.1) is 0 Å². The molecule has 0 unspecified atom stereocenters. The molecule has 28 heavy (non-hydrogen) atoms. The minimum absolute atomic E-state index is 0.0566. The zero-order chi connectivity index (χ0) is 20.1. The van der Waals surface area contributed by atoms with Crippen LogP contribution in [0, 0.1) is 0 Å². The van der Waals surface area contributed by atoms with Crippen LogP contribution in [0.5, 0.6) is 0 Å². The smallest absolute Gasteiger partial charge is 0.264 e. The van der Waals surface area contributed by atoms with Crippen LogP contribution in [0.3, 0.4) is 0 Å². The van der Waals surface area contributed by atoms with Crippen LogP contribution >= 0.6 is 0 Å². The molecule has 3 rings (SSSR count). The van der Waals surface area contributed by atoms with Gasteiger partial charge in [-0.2, -0.15) is 0 Å². The highest BCUT2D eigenvalue weighted by Crippen LogP contribution is 2.25. The largest absolute Gasteiger partial charge is 0.453 e. The van der Waals surface area contributed by atoms with E-state index in [9.17, 15) is 18.0 Å². The summed E-state index contributed by atoms with van der Waals surface area (Å²) < 4.78 is 32.6. The van der Waals surface area contributed by atoms with Crippen molar-refractivity contribution < 1.29 is 22.4 Å². The first-order valence-electron chi connectivity index (χ1n) is 8.66. The van der Waals surface area contributed by atoms with Gasteiger partial charge in [-0.25, -0.2) is 13.1 Å². The molecule has 0 radical (unpaired) electrons. The molecule has 1 N–H and O–H groups in total. The summed E-state index contributed by atoms with van der Waals surface area (Å²) in [6.07, 6.45) is 0.505. The number of sulfonamides is 1. The summed E-state index contributed by atoms with van der Waals surface area (Å²) in [5, 5.41) is 0. The molecule has 0 saturated heterocycles. The van der Waals surface area contributed by atoms with Crippen LogP contribution in [0.1, 0.15) is 29.5 Å². The molecular weight excluding hydrogens is 378 g/mol. The number of nitrogens with one attached hydrogen (secondary N) is 1. The molecule has 0 aliphatic carbocycles. The lowest BCUT2D eigenvalue weighted by atomic mass is 10.1. The van der Waals surface area contributed by atoms with Gasteiger partial charge in [0.15, 0.2) is 11.5 Å². The molecular formula is C21H19NO5S. The average molecular weight is 397 g/mol. The molecule has 6 nitrogen and oxygen atoms in total. The number of amides is 1. The van der Waals surface area contributed by atoms with E-state index < -0.39 is 15.9 Å². The third-order valence-corrected chi connectivity index (χ3v) is 5.48. The topological polar surface area (TPSA) is 93.5 Å². The van der Waals surface area contributed by atoms with Gasteiger partial charge in [0.05, 0.1) is 4.90 Å². The Morgan fingerprint density at radius 1 is 0.964 bits per heavy atom. The highest BCUT2D eigenvalue weighted by Gasteiger charge is 2.19. The number of ketones is 1. The zero-order valence-electron chi connectivity index (χ0n) is 15.2. The van der Waals surface area contributed by atoms with Gasteiger partial charge >= 0.3 is 0 Å². The van der Waals surface area contributed by atoms with E-state index in [1.165, 1.54) is 25.1 Å². The molecule has 3 aromatic rings. The van der Waals surface area contributed by atoms with Crippen molar-refractivity contribution >= 4 is 21.7 Å². The van der Waals surface area contributed by atoms with Crippen molar-refractivity contribution in [3.63, 3.8) is 0 Å². The number of Topliss-reactive ketones (excluding diaryl/α,β-unsaturated/α-hetero) is 1. The lowest BCUT2D eigenvalue weighted by Gasteiger charge is -2.08. The normalized spacial score (nSPS) is 11.2. The van der Waals surface area contributed by atoms with Gasteiger partial charge < -0.3 is 4.42 Å². The van der Waals surface area contributed by atoms with Crippen LogP contribution in [0.25, 0.3) is 11.3 Å². The van der Waals surface area contributed by atoms with E-state index >= 15 is 0 Å². The Morgan fingerprint density at radius 2 is 1.71 bits per heavy atom. The molecule has 1 amide bonds. The molecule has 0 spiro atoms. The Balaban J connectivity index is 1.72. The summed E-state index contributed by atoms with van der Waals surface area (Å²) in [5.41, 5.74) is 1.45. The molecule has 144 valence electrons. The molecule has 0 atom stereocenters. The van der Waals surface area contributed by atoms with E-state index in [2.05, 4.69) is 4.72 Å². The van der Waals surface area contributed by atoms with Gasteiger partial charge in [-0.1, -0.05) is 42.5 Å². The highest BCUT2D eigenvalue weighted by molar-refractivity contribution is 7.90. The van der Waals surface area contributed by atoms with Crippen molar-refractivity contribution in [3.05, 3.63) is 78.1 Å². The summed E-state index contributed by atoms with van der Waals surface area (Å²) >= 11 is 0. The molecule has 7 heteroatoms. The van der Waals surface area contributed by atoms with Crippen molar-refractivity contribution in [2.24, 2.45) is 0 Å². The summed E-state index contributed by atoms with van der Waals surface area (Å²) in [5.74, 6) is -0.234. The maximum Gasteiger partial charge on any atom is 0.264 e. The second-order valence-corrected chi connectivity index (χ2v) is 7.94. The minimum atomic E-state index is -4.01. The predicted molar refractivity (Wildman–Crippen MR) is 104 cm³/mol. The summed E-state index contributed by atoms with van der Waals surface area (Å²) in [6.45, 7) is 1.38. The van der Waals surface area contributed by atoms with Crippen molar-refractivity contribution in [1.29, 1.82) is 0 Å². The molecule has 1 heterocycles. The monoisotopic (exact) mass is 397 g/mol. The van der Waals surface area contributed by atoms with E-state index in [-0.39, 0.29) is 22.9 Å². The molecule has 1 aromatic heterocycles. The lowest BCUT2D eigenvalue weighted by molar-refractivity contribution is -0.119. The number of carbonyl (C=O) groups is 2. The Kier molecular flexibility index (Phi) is 5.75. The Labute approximate surface area is 163 Å². The van der Waals surface area contributed by atoms with E-state index in [0.717, 1.165) is 5.56 Å². The number of hydrogen-bond acceptors (Lipinski definition) is 5. The SMILES string of the molecule is CC(=O)c1ccc(-c2cccc(S(=O)(=O)NC(=O)CCc3ccccc3)c2)o1. The first-order valence-corrected chi connectivity index (χ1v) is 10.1. The molecule has 0 saturated carbocycles. The Morgan fingerprint density at radius 3 is 2.39 bits per heavy atom. The third kappa shape index (κ3) is 4.75. The van der Waals surface area contributed by atoms with Crippen LogP contribution in [-0.2, 0) is 21.2 Å². The second kappa shape index (κ2) is 8.22. The van der Waals surface area contributed by atoms with Crippen molar-refractivity contribution in [2.45, 2.75) is 24.7 Å². The Hall–Kier alpha value is -3.19. The van der Waals surface area contributed by atoms with E-state index in [1.807, 2.05) is 30.3 Å². The fourth-order valence-electron chi connectivity index (χ4n) is 2.66. The summed E-state index contributed by atoms with van der Waals surface area (Å²) in [4.78, 5) is 23.4. The number of rotatable bonds is 7. The first-order chi connectivity index (χ1) is 13.3. The average Bonchev–Trinajstić information content (AvgIpc) is 3.18. The standard InChI is InChI=1S/C21H19NO5S/c1-15(23)19-11-12-20(27-19)17-8-5-9-18(14-17)28(25,26)22-21(24)13-10-16-6-3-2-4-7-16/h2-9,11-12,14H,10,13H2,1H3,(H,22,24). The lowest BCUT2D eigenvalue weighted by Crippen LogP contribution is -2.30. The summed E-state index contributed by atoms with van der Waals surface area (Å²) in [6, 6.07) is 18.5. The van der Waals surface area contributed by atoms with Crippen LogP contribution in [-0.4, -0.2) is 20.1 Å². The molecule has 0 bridgehead atoms. The van der Waals surface area contributed by atoms with Gasteiger partial charge in [0.2, 0.25) is 5.91 Å². The fraction of sp³-hybridized carbons (Fsp3) is 0.143. The van der Waals surface area contributed by atoms with E-state index in [4.69, 9.17) is 4.42 Å². The number of carbonyl (C=O) groups excluding carboxylic acids is 2. The van der Waals surface area contributed by atoms with Crippen LogP contribution < -0.4 is 4.72 Å². The van der Waals surface area contributed by atoms with Crippen LogP contribution in [0.2, 0.25) is 0 Å². The minimum Gasteiger partial charge on any atom is -0.453 e. The number of benzene rings is 2. The van der Waals surface area contributed by atoms with Gasteiger partial charge in [0.25, 0.3) is 10.0 Å². The number of aryl methyl sites for hydroxylation is 1. The number of hydrogen-bond donors (Lipinski definition) is 1. The quantitative estimate of drug-likeness (QED) is 0.615. The maximum atomic E-state index is 12.5. The van der Waals surface area contributed by atoms with Gasteiger partial charge in [0, 0.05) is 18.9 Å². The third-order valence-electron chi connectivity index (χ3n) is 4.11. The second-order valence-electron chi connectivity index (χ2n) is 6.26. The highest BCUT2D eigenvalue weighted by atomic mass is 32.2. The number of furan rings is 1. The van der Waals surface area contributed by atoms with Crippen molar-refractivity contribution in [2.75, 3.05) is 0 Å². The van der Waals surface area contributed by atoms with Gasteiger partial charge in [-0.3, -0.25) is 9.59 Å². The first kappa shape index (κ1) is 19.6. The van der Waals surface area contributed by atoms with E-state index in [0.29, 0.717) is 17.7 Å². The van der Waals surface area contributed by atoms with Gasteiger partial charge in [0.1, 0.15) is 5.76 Å².